The quantitative estimate of drug-likeness (QED) is 0.0951. The van der Waals surface area contributed by atoms with Gasteiger partial charge in [-0.05, 0) is 189 Å². The van der Waals surface area contributed by atoms with Crippen LogP contribution in [-0.4, -0.2) is 140 Å². The van der Waals surface area contributed by atoms with Gasteiger partial charge in [0.2, 0.25) is 0 Å². The summed E-state index contributed by atoms with van der Waals surface area (Å²) in [6.45, 7) is 28.3. The minimum Gasteiger partial charge on any atom is -0.492 e. The number of fused-ring (bicyclic) bond motifs is 6. The average Bonchev–Trinajstić information content (AvgIpc) is 1.55. The molecule has 22 nitrogen and oxygen atoms in total. The summed E-state index contributed by atoms with van der Waals surface area (Å²) in [4.78, 5) is 65.4. The Morgan fingerprint density at radius 3 is 1.36 bits per heavy atom. The van der Waals surface area contributed by atoms with Crippen LogP contribution in [0.3, 0.4) is 0 Å². The van der Waals surface area contributed by atoms with Crippen LogP contribution < -0.4 is 24.7 Å². The summed E-state index contributed by atoms with van der Waals surface area (Å²) in [5.41, 5.74) is 2.33. The molecule has 26 heteroatoms. The summed E-state index contributed by atoms with van der Waals surface area (Å²) < 4.78 is 86.3. The highest BCUT2D eigenvalue weighted by Gasteiger charge is 2.34. The van der Waals surface area contributed by atoms with Crippen molar-refractivity contribution in [1.29, 1.82) is 0 Å². The van der Waals surface area contributed by atoms with Gasteiger partial charge in [-0.2, -0.15) is 0 Å². The van der Waals surface area contributed by atoms with E-state index in [0.717, 1.165) is 21.9 Å². The number of rotatable bonds is 10. The number of aryl methyl sites for hydroxylation is 2. The first-order valence-corrected chi connectivity index (χ1v) is 32.7. The van der Waals surface area contributed by atoms with E-state index < -0.39 is 73.6 Å². The number of sulfone groups is 2. The third-order valence-corrected chi connectivity index (χ3v) is 17.3. The zero-order chi connectivity index (χ0) is 67.7. The van der Waals surface area contributed by atoms with Gasteiger partial charge < -0.3 is 38.5 Å². The molecule has 0 aliphatic heterocycles. The maximum absolute atomic E-state index is 13.8. The van der Waals surface area contributed by atoms with Gasteiger partial charge in [0, 0.05) is 52.5 Å². The number of methoxy groups -OCH3 is 2. The zero-order valence-corrected chi connectivity index (χ0v) is 57.8. The van der Waals surface area contributed by atoms with Gasteiger partial charge in [0.25, 0.3) is 0 Å². The van der Waals surface area contributed by atoms with Crippen molar-refractivity contribution in [1.82, 2.24) is 19.1 Å². The summed E-state index contributed by atoms with van der Waals surface area (Å²) in [6.07, 6.45) is 0.856. The van der Waals surface area contributed by atoms with Crippen LogP contribution in [-0.2, 0) is 38.6 Å². The van der Waals surface area contributed by atoms with Crippen molar-refractivity contribution in [3.8, 4) is 22.6 Å². The van der Waals surface area contributed by atoms with Crippen LogP contribution in [0, 0.1) is 13.8 Å². The molecular weight excluding hydrogens is 1260 g/mol. The van der Waals surface area contributed by atoms with E-state index in [1.165, 1.54) is 64.3 Å². The molecule has 0 spiro atoms. The minimum absolute atomic E-state index is 0.00201. The lowest BCUT2D eigenvalue weighted by atomic mass is 9.80. The highest BCUT2D eigenvalue weighted by atomic mass is 79.9. The molecule has 0 saturated heterocycles. The molecule has 8 aromatic rings. The number of carbonyl (C=O) groups is 4. The molecule has 0 bridgehead atoms. The van der Waals surface area contributed by atoms with Crippen LogP contribution in [0.1, 0.15) is 108 Å². The number of hydrogen-bond donors (Lipinski definition) is 2. The first-order valence-electron chi connectivity index (χ1n) is 28.6. The third-order valence-electron chi connectivity index (χ3n) is 13.2. The number of amides is 2. The fourth-order valence-corrected chi connectivity index (χ4v) is 11.8. The summed E-state index contributed by atoms with van der Waals surface area (Å²) in [6, 6.07) is 19.6. The lowest BCUT2D eigenvalue weighted by molar-refractivity contribution is 0.0538. The Hall–Kier alpha value is -7.78. The number of ether oxygens (including phenoxy) is 6. The van der Waals surface area contributed by atoms with Gasteiger partial charge in [-0.3, -0.25) is 9.80 Å². The van der Waals surface area contributed by atoms with Crippen molar-refractivity contribution in [3.05, 3.63) is 101 Å². The molecule has 8 rings (SSSR count). The van der Waals surface area contributed by atoms with Gasteiger partial charge in [0.1, 0.15) is 33.4 Å². The highest BCUT2D eigenvalue weighted by molar-refractivity contribution is 9.10. The minimum atomic E-state index is -3.53. The Labute approximate surface area is 534 Å². The van der Waals surface area contributed by atoms with Crippen molar-refractivity contribution >= 4 is 128 Å². The topological polar surface area (TPSA) is 275 Å². The van der Waals surface area contributed by atoms with Gasteiger partial charge in [0.05, 0.1) is 46.9 Å². The van der Waals surface area contributed by atoms with Crippen LogP contribution in [0.15, 0.2) is 99.5 Å². The number of anilines is 2. The van der Waals surface area contributed by atoms with Crippen molar-refractivity contribution in [3.63, 3.8) is 0 Å². The second-order valence-corrected chi connectivity index (χ2v) is 30.5. The van der Waals surface area contributed by atoms with Crippen molar-refractivity contribution in [2.75, 3.05) is 49.6 Å². The Kier molecular flexibility index (Phi) is 21.4. The molecule has 90 heavy (non-hydrogen) atoms. The van der Waals surface area contributed by atoms with E-state index in [4.69, 9.17) is 38.5 Å². The molecule has 0 saturated carbocycles. The van der Waals surface area contributed by atoms with Gasteiger partial charge in [0.15, 0.2) is 42.5 Å². The molecule has 4 aromatic heterocycles. The van der Waals surface area contributed by atoms with Crippen LogP contribution in [0.25, 0.3) is 55.0 Å². The van der Waals surface area contributed by atoms with Gasteiger partial charge >= 0.3 is 31.5 Å². The van der Waals surface area contributed by atoms with Crippen LogP contribution in [0.2, 0.25) is 0 Å². The van der Waals surface area contributed by atoms with E-state index in [9.17, 15) is 36.0 Å². The lowest BCUT2D eigenvalue weighted by Gasteiger charge is -2.27. The highest BCUT2D eigenvalue weighted by Crippen LogP contribution is 2.48. The molecule has 2 amide bonds. The van der Waals surface area contributed by atoms with Gasteiger partial charge in [-0.1, -0.05) is 38.1 Å². The molecule has 0 fully saturated rings. The first-order chi connectivity index (χ1) is 41.5. The molecule has 2 N–H and O–H groups in total. The summed E-state index contributed by atoms with van der Waals surface area (Å²) in [5.74, 6) is 0.467. The van der Waals surface area contributed by atoms with Gasteiger partial charge in [-0.25, -0.2) is 55.1 Å². The lowest BCUT2D eigenvalue weighted by Crippen LogP contribution is -2.34. The molecule has 0 unspecified atom stereocenters. The van der Waals surface area contributed by atoms with E-state index in [1.807, 2.05) is 26.0 Å². The smallest absolute Gasteiger partial charge is 0.488 e. The number of hydrogen-bond acceptors (Lipinski definition) is 18. The predicted molar refractivity (Wildman–Crippen MR) is 354 cm³/mol. The maximum atomic E-state index is 13.8. The van der Waals surface area contributed by atoms with E-state index in [2.05, 4.69) is 25.9 Å². The van der Waals surface area contributed by atoms with Crippen LogP contribution in [0.4, 0.5) is 30.6 Å². The second kappa shape index (κ2) is 27.0. The Morgan fingerprint density at radius 1 is 0.567 bits per heavy atom. The van der Waals surface area contributed by atoms with Crippen LogP contribution in [0.5, 0.6) is 11.5 Å². The number of nitrogens with zero attached hydrogens (tertiary/aromatic N) is 6. The monoisotopic (exact) mass is 1340 g/mol. The van der Waals surface area contributed by atoms with Crippen molar-refractivity contribution in [2.45, 2.75) is 143 Å². The standard InChI is InChI=1S/C32H39N3O7S.C24H30BrN3O5.C8H11BO4S/c1-11-43(38,39)21-14-12-13-20(16-21)22-17-24(34(9)29(36)41-31(3,4)5)27(40-10)26-25(22)23-15-19(2)18-33-28(23)35(26)30(37)42-32(6,7)8;1-13-10-14-17-15(25)11-16(27(8)21(29)32-23(2,3)4)19(31-9)18(17)28(20(14)26-12-13)22(30)33-24(5,6)7;1-2-14(12,13)8-5-3-4-7(6-8)9(10)11/h12-18H,11H2,1-10H3;10-12H,1-9H3;3-6,10-11H,2H2,1H3. The predicted octanol–water partition coefficient (Wildman–Crippen LogP) is 12.7. The SMILES string of the molecule is CCS(=O)(=O)c1cccc(-c2cc(N(C)C(=O)OC(C)(C)C)c(OC)c3c2c2cc(C)cnc2n3C(=O)OC(C)(C)C)c1.CCS(=O)(=O)c1cccc(B(O)O)c1.COc1c(N(C)C(=O)OC(C)(C)C)cc(Br)c2c3cc(C)cnc3n(C(=O)OC(C)(C)C)c12. The first kappa shape index (κ1) is 71.3. The molecule has 0 aliphatic rings. The number of pyridine rings is 2. The largest absolute Gasteiger partial charge is 0.492 e. The summed E-state index contributed by atoms with van der Waals surface area (Å²) in [7, 11) is -2.37. The zero-order valence-electron chi connectivity index (χ0n) is 54.6. The number of carbonyl (C=O) groups excluding carboxylic acids is 4. The Bertz CT molecular complexity index is 4310. The number of benzene rings is 4. The maximum Gasteiger partial charge on any atom is 0.488 e. The van der Waals surface area contributed by atoms with E-state index in [1.54, 1.807) is 153 Å². The molecule has 0 radical (unpaired) electrons. The molecule has 4 aromatic carbocycles. The van der Waals surface area contributed by atoms with E-state index in [-0.39, 0.29) is 32.5 Å². The second-order valence-electron chi connectivity index (χ2n) is 25.1. The van der Waals surface area contributed by atoms with Crippen molar-refractivity contribution in [2.24, 2.45) is 0 Å². The number of halogens is 1. The molecular formula is C64H80BBrN6O16S2. The Morgan fingerprint density at radius 2 is 0.956 bits per heavy atom. The van der Waals surface area contributed by atoms with Crippen molar-refractivity contribution < 1.29 is 74.5 Å². The van der Waals surface area contributed by atoms with Crippen LogP contribution >= 0.6 is 15.9 Å². The van der Waals surface area contributed by atoms with Gasteiger partial charge in [-0.15, -0.1) is 0 Å². The number of aromatic nitrogens is 4. The molecule has 0 atom stereocenters. The normalized spacial score (nSPS) is 12.2. The van der Waals surface area contributed by atoms with E-state index in [0.29, 0.717) is 65.8 Å². The molecule has 0 aliphatic carbocycles. The summed E-state index contributed by atoms with van der Waals surface area (Å²) in [5, 5.41) is 20.4. The molecule has 484 valence electrons. The fourth-order valence-electron chi connectivity index (χ4n) is 9.27. The fraction of sp³-hybridized carbons (Fsp3) is 0.406. The Balaban J connectivity index is 0.000000241. The third kappa shape index (κ3) is 16.2. The van der Waals surface area contributed by atoms with E-state index >= 15 is 0 Å². The average molecular weight is 1340 g/mol. The summed E-state index contributed by atoms with van der Waals surface area (Å²) >= 11 is 3.63. The molecule has 4 heterocycles.